The van der Waals surface area contributed by atoms with Crippen molar-refractivity contribution < 1.29 is 0 Å². The summed E-state index contributed by atoms with van der Waals surface area (Å²) in [7, 11) is 0. The summed E-state index contributed by atoms with van der Waals surface area (Å²) in [5, 5.41) is 7.85. The van der Waals surface area contributed by atoms with Gasteiger partial charge in [0.05, 0.1) is 12.2 Å². The fourth-order valence-corrected chi connectivity index (χ4v) is 1.98. The van der Waals surface area contributed by atoms with Crippen LogP contribution in [0.15, 0.2) is 30.5 Å². The Labute approximate surface area is 109 Å². The fraction of sp³-hybridized carbons (Fsp3) is 0.400. The normalized spacial score (nSPS) is 10.8. The summed E-state index contributed by atoms with van der Waals surface area (Å²) in [5.41, 5.74) is 5.07. The van der Waals surface area contributed by atoms with E-state index in [4.69, 9.17) is 0 Å². The molecule has 0 aliphatic heterocycles. The minimum absolute atomic E-state index is 0.844. The molecule has 0 aliphatic carbocycles. The highest BCUT2D eigenvalue weighted by Crippen LogP contribution is 2.12. The second-order valence-electron chi connectivity index (χ2n) is 4.71. The lowest BCUT2D eigenvalue weighted by atomic mass is 10.1. The Morgan fingerprint density at radius 1 is 1.22 bits per heavy atom. The molecule has 0 spiro atoms. The Balaban J connectivity index is 2.08. The molecule has 1 aromatic carbocycles. The van der Waals surface area contributed by atoms with Crippen molar-refractivity contribution in [2.75, 3.05) is 6.54 Å². The van der Waals surface area contributed by atoms with E-state index >= 15 is 0 Å². The highest BCUT2D eigenvalue weighted by atomic mass is 15.3. The summed E-state index contributed by atoms with van der Waals surface area (Å²) >= 11 is 0. The molecular weight excluding hydrogens is 222 g/mol. The Kier molecular flexibility index (Phi) is 4.15. The number of rotatable bonds is 5. The summed E-state index contributed by atoms with van der Waals surface area (Å²) in [6, 6.07) is 8.64. The molecule has 2 aromatic rings. The molecule has 0 bridgehead atoms. The molecule has 2 rings (SSSR count). The average molecular weight is 243 g/mol. The minimum atomic E-state index is 0.844. The molecule has 1 aromatic heterocycles. The molecule has 0 atom stereocenters. The SMILES string of the molecule is CCNCc1ccn(Cc2cc(C)ccc2C)n1. The number of benzene rings is 1. The summed E-state index contributed by atoms with van der Waals surface area (Å²) in [4.78, 5) is 0. The molecule has 0 amide bonds. The molecule has 18 heavy (non-hydrogen) atoms. The number of hydrogen-bond acceptors (Lipinski definition) is 2. The minimum Gasteiger partial charge on any atom is -0.311 e. The Bertz CT molecular complexity index is 514. The zero-order valence-electron chi connectivity index (χ0n) is 11.4. The second kappa shape index (κ2) is 5.83. The zero-order valence-corrected chi connectivity index (χ0v) is 11.4. The van der Waals surface area contributed by atoms with Crippen molar-refractivity contribution in [3.05, 3.63) is 52.8 Å². The van der Waals surface area contributed by atoms with Gasteiger partial charge in [-0.15, -0.1) is 0 Å². The monoisotopic (exact) mass is 243 g/mol. The number of aromatic nitrogens is 2. The van der Waals surface area contributed by atoms with E-state index in [2.05, 4.69) is 61.6 Å². The van der Waals surface area contributed by atoms with Gasteiger partial charge in [-0.25, -0.2) is 0 Å². The molecule has 0 unspecified atom stereocenters. The average Bonchev–Trinajstić information content (AvgIpc) is 2.79. The maximum atomic E-state index is 4.57. The number of nitrogens with zero attached hydrogens (tertiary/aromatic N) is 2. The Morgan fingerprint density at radius 3 is 2.83 bits per heavy atom. The highest BCUT2D eigenvalue weighted by molar-refractivity contribution is 5.30. The number of aryl methyl sites for hydroxylation is 2. The topological polar surface area (TPSA) is 29.9 Å². The zero-order chi connectivity index (χ0) is 13.0. The first-order valence-electron chi connectivity index (χ1n) is 6.48. The largest absolute Gasteiger partial charge is 0.311 e. The predicted octanol–water partition coefficient (Wildman–Crippen LogP) is 2.66. The van der Waals surface area contributed by atoms with Crippen LogP contribution in [0.3, 0.4) is 0 Å². The Morgan fingerprint density at radius 2 is 2.06 bits per heavy atom. The summed E-state index contributed by atoms with van der Waals surface area (Å²) in [6.07, 6.45) is 2.05. The van der Waals surface area contributed by atoms with Gasteiger partial charge in [0.25, 0.3) is 0 Å². The van der Waals surface area contributed by atoms with Crippen molar-refractivity contribution in [1.82, 2.24) is 15.1 Å². The van der Waals surface area contributed by atoms with E-state index in [-0.39, 0.29) is 0 Å². The molecule has 1 N–H and O–H groups in total. The second-order valence-corrected chi connectivity index (χ2v) is 4.71. The lowest BCUT2D eigenvalue weighted by Gasteiger charge is -2.07. The van der Waals surface area contributed by atoms with Crippen molar-refractivity contribution in [1.29, 1.82) is 0 Å². The first kappa shape index (κ1) is 12.8. The van der Waals surface area contributed by atoms with Gasteiger partial charge < -0.3 is 5.32 Å². The summed E-state index contributed by atoms with van der Waals surface area (Å²) in [6.45, 7) is 9.05. The van der Waals surface area contributed by atoms with E-state index in [1.165, 1.54) is 16.7 Å². The van der Waals surface area contributed by atoms with E-state index in [9.17, 15) is 0 Å². The molecule has 1 heterocycles. The van der Waals surface area contributed by atoms with Gasteiger partial charge in [0.2, 0.25) is 0 Å². The lowest BCUT2D eigenvalue weighted by Crippen LogP contribution is -2.12. The van der Waals surface area contributed by atoms with E-state index in [1.807, 2.05) is 4.68 Å². The van der Waals surface area contributed by atoms with Crippen LogP contribution in [0.25, 0.3) is 0 Å². The van der Waals surface area contributed by atoms with Gasteiger partial charge in [-0.1, -0.05) is 30.7 Å². The molecule has 0 saturated carbocycles. The third kappa shape index (κ3) is 3.20. The van der Waals surface area contributed by atoms with E-state index in [1.54, 1.807) is 0 Å². The molecular formula is C15H21N3. The van der Waals surface area contributed by atoms with E-state index in [0.29, 0.717) is 0 Å². The maximum Gasteiger partial charge on any atom is 0.0762 e. The van der Waals surface area contributed by atoms with E-state index in [0.717, 1.165) is 25.3 Å². The van der Waals surface area contributed by atoms with Crippen molar-refractivity contribution in [3.63, 3.8) is 0 Å². The van der Waals surface area contributed by atoms with Crippen LogP contribution in [-0.2, 0) is 13.1 Å². The van der Waals surface area contributed by atoms with Crippen molar-refractivity contribution in [3.8, 4) is 0 Å². The Hall–Kier alpha value is -1.61. The van der Waals surface area contributed by atoms with Crippen LogP contribution < -0.4 is 5.32 Å². The molecule has 3 heteroatoms. The van der Waals surface area contributed by atoms with Gasteiger partial charge in [-0.05, 0) is 37.6 Å². The fourth-order valence-electron chi connectivity index (χ4n) is 1.98. The van der Waals surface area contributed by atoms with Crippen LogP contribution in [-0.4, -0.2) is 16.3 Å². The van der Waals surface area contributed by atoms with Gasteiger partial charge in [0, 0.05) is 12.7 Å². The quantitative estimate of drug-likeness (QED) is 0.875. The van der Waals surface area contributed by atoms with Crippen LogP contribution in [0.1, 0.15) is 29.3 Å². The number of nitrogens with one attached hydrogen (secondary N) is 1. The molecule has 3 nitrogen and oxygen atoms in total. The third-order valence-electron chi connectivity index (χ3n) is 3.09. The lowest BCUT2D eigenvalue weighted by molar-refractivity contribution is 0.643. The van der Waals surface area contributed by atoms with E-state index < -0.39 is 0 Å². The van der Waals surface area contributed by atoms with Gasteiger partial charge in [0.1, 0.15) is 0 Å². The third-order valence-corrected chi connectivity index (χ3v) is 3.09. The standard InChI is InChI=1S/C15H21N3/c1-4-16-10-15-7-8-18(17-15)11-14-9-12(2)5-6-13(14)3/h5-9,16H,4,10-11H2,1-3H3. The van der Waals surface area contributed by atoms with Gasteiger partial charge in [0.15, 0.2) is 0 Å². The van der Waals surface area contributed by atoms with Crippen molar-refractivity contribution in [2.45, 2.75) is 33.9 Å². The summed E-state index contributed by atoms with van der Waals surface area (Å²) < 4.78 is 2.01. The van der Waals surface area contributed by atoms with Gasteiger partial charge >= 0.3 is 0 Å². The van der Waals surface area contributed by atoms with Crippen LogP contribution in [0, 0.1) is 13.8 Å². The van der Waals surface area contributed by atoms with Crippen LogP contribution in [0.4, 0.5) is 0 Å². The van der Waals surface area contributed by atoms with Crippen LogP contribution >= 0.6 is 0 Å². The number of hydrogen-bond donors (Lipinski definition) is 1. The first-order valence-corrected chi connectivity index (χ1v) is 6.48. The van der Waals surface area contributed by atoms with Gasteiger partial charge in [-0.2, -0.15) is 5.10 Å². The van der Waals surface area contributed by atoms with Crippen LogP contribution in [0.2, 0.25) is 0 Å². The van der Waals surface area contributed by atoms with Crippen molar-refractivity contribution in [2.24, 2.45) is 0 Å². The molecule has 0 radical (unpaired) electrons. The van der Waals surface area contributed by atoms with Crippen LogP contribution in [0.5, 0.6) is 0 Å². The first-order chi connectivity index (χ1) is 8.69. The molecule has 0 saturated heterocycles. The summed E-state index contributed by atoms with van der Waals surface area (Å²) in [5.74, 6) is 0. The molecule has 0 fully saturated rings. The molecule has 0 aliphatic rings. The highest BCUT2D eigenvalue weighted by Gasteiger charge is 2.02. The van der Waals surface area contributed by atoms with Crippen molar-refractivity contribution >= 4 is 0 Å². The smallest absolute Gasteiger partial charge is 0.0762 e. The predicted molar refractivity (Wildman–Crippen MR) is 74.6 cm³/mol. The molecule has 96 valence electrons. The maximum absolute atomic E-state index is 4.57. The van der Waals surface area contributed by atoms with Gasteiger partial charge in [-0.3, -0.25) is 4.68 Å².